The predicted octanol–water partition coefficient (Wildman–Crippen LogP) is 3.69. The molecule has 1 fully saturated rings. The zero-order valence-corrected chi connectivity index (χ0v) is 21.0. The fourth-order valence-electron chi connectivity index (χ4n) is 2.82. The predicted molar refractivity (Wildman–Crippen MR) is 127 cm³/mol. The smallest absolute Gasteiger partial charge is 0.244 e. The molecule has 0 radical (unpaired) electrons. The molecule has 3 rings (SSSR count). The zero-order chi connectivity index (χ0) is 21.4. The standard InChI is InChI=1S/C19H22ClN3O4S2.BrH/c1-22(2)29(25,26)17-11-13(5-10-16(17)20)19(24)12-28-18(23(19)3)21-14-6-8-15(27-4)9-7-14;/h5-11,24H,12H2,1-4H3;1H. The monoisotopic (exact) mass is 535 g/mol. The Kier molecular flexibility index (Phi) is 7.87. The number of hydrogen-bond acceptors (Lipinski definition) is 6. The number of aliphatic imine (C=N–C) groups is 1. The number of benzene rings is 2. The molecule has 164 valence electrons. The number of rotatable bonds is 5. The van der Waals surface area contributed by atoms with Crippen LogP contribution >= 0.6 is 40.3 Å². The lowest BCUT2D eigenvalue weighted by Gasteiger charge is -2.31. The maximum Gasteiger partial charge on any atom is 0.244 e. The Balaban J connectivity index is 0.00000320. The highest BCUT2D eigenvalue weighted by molar-refractivity contribution is 8.93. The Morgan fingerprint density at radius 2 is 1.87 bits per heavy atom. The summed E-state index contributed by atoms with van der Waals surface area (Å²) >= 11 is 7.52. The molecule has 2 aromatic rings. The SMILES string of the molecule is Br.COc1ccc(N=C2SCC(O)(c3ccc(Cl)c(S(=O)(=O)N(C)C)c3)N2C)cc1. The molecule has 1 atom stereocenters. The van der Waals surface area contributed by atoms with E-state index in [0.29, 0.717) is 16.5 Å². The number of hydrogen-bond donors (Lipinski definition) is 1. The highest BCUT2D eigenvalue weighted by Gasteiger charge is 2.43. The minimum Gasteiger partial charge on any atom is -0.497 e. The van der Waals surface area contributed by atoms with Crippen molar-refractivity contribution in [3.8, 4) is 5.75 Å². The Morgan fingerprint density at radius 3 is 2.43 bits per heavy atom. The van der Waals surface area contributed by atoms with Crippen LogP contribution in [0.1, 0.15) is 5.56 Å². The summed E-state index contributed by atoms with van der Waals surface area (Å²) in [4.78, 5) is 6.18. The van der Waals surface area contributed by atoms with Crippen molar-refractivity contribution in [3.63, 3.8) is 0 Å². The van der Waals surface area contributed by atoms with Crippen LogP contribution in [-0.2, 0) is 15.7 Å². The number of sulfonamides is 1. The fourth-order valence-corrected chi connectivity index (χ4v) is 5.41. The second kappa shape index (κ2) is 9.46. The molecule has 2 aromatic carbocycles. The van der Waals surface area contributed by atoms with Gasteiger partial charge in [0.2, 0.25) is 10.0 Å². The molecule has 1 heterocycles. The van der Waals surface area contributed by atoms with Crippen LogP contribution in [0.4, 0.5) is 5.69 Å². The van der Waals surface area contributed by atoms with E-state index >= 15 is 0 Å². The van der Waals surface area contributed by atoms with Crippen molar-refractivity contribution in [1.29, 1.82) is 0 Å². The van der Waals surface area contributed by atoms with Crippen LogP contribution in [0.2, 0.25) is 5.02 Å². The summed E-state index contributed by atoms with van der Waals surface area (Å²) in [6.07, 6.45) is 0. The van der Waals surface area contributed by atoms with Gasteiger partial charge < -0.3 is 14.7 Å². The second-order valence-electron chi connectivity index (χ2n) is 6.69. The number of methoxy groups -OCH3 is 1. The molecule has 0 spiro atoms. The van der Waals surface area contributed by atoms with E-state index < -0.39 is 15.7 Å². The molecule has 1 aliphatic rings. The van der Waals surface area contributed by atoms with Gasteiger partial charge in [-0.3, -0.25) is 0 Å². The van der Waals surface area contributed by atoms with E-state index in [1.54, 1.807) is 25.1 Å². The van der Waals surface area contributed by atoms with Crippen LogP contribution in [0.15, 0.2) is 52.4 Å². The van der Waals surface area contributed by atoms with Crippen LogP contribution in [0.25, 0.3) is 0 Å². The van der Waals surface area contributed by atoms with Crippen molar-refractivity contribution >= 4 is 61.2 Å². The molecular formula is C19H23BrClN3O4S2. The molecule has 0 aromatic heterocycles. The third kappa shape index (κ3) is 4.63. The Hall–Kier alpha value is -1.30. The Bertz CT molecular complexity index is 1050. The van der Waals surface area contributed by atoms with E-state index in [4.69, 9.17) is 16.3 Å². The largest absolute Gasteiger partial charge is 0.497 e. The zero-order valence-electron chi connectivity index (χ0n) is 16.9. The molecule has 1 unspecified atom stereocenters. The molecule has 1 aliphatic heterocycles. The quantitative estimate of drug-likeness (QED) is 0.628. The van der Waals surface area contributed by atoms with E-state index in [-0.39, 0.29) is 26.9 Å². The second-order valence-corrected chi connectivity index (χ2v) is 10.2. The number of nitrogens with zero attached hydrogens (tertiary/aromatic N) is 3. The lowest BCUT2D eigenvalue weighted by molar-refractivity contribution is -0.0349. The molecule has 1 N–H and O–H groups in total. The van der Waals surface area contributed by atoms with Gasteiger partial charge in [0.15, 0.2) is 10.9 Å². The summed E-state index contributed by atoms with van der Waals surface area (Å²) in [5.41, 5.74) is -0.273. The van der Waals surface area contributed by atoms with Crippen LogP contribution in [0.5, 0.6) is 5.75 Å². The molecule has 0 bridgehead atoms. The van der Waals surface area contributed by atoms with Crippen LogP contribution in [-0.4, -0.2) is 61.9 Å². The van der Waals surface area contributed by atoms with Crippen molar-refractivity contribution in [1.82, 2.24) is 9.21 Å². The van der Waals surface area contributed by atoms with Crippen molar-refractivity contribution in [2.45, 2.75) is 10.6 Å². The van der Waals surface area contributed by atoms with Gasteiger partial charge in [-0.25, -0.2) is 17.7 Å². The highest BCUT2D eigenvalue weighted by atomic mass is 79.9. The number of ether oxygens (including phenoxy) is 1. The molecule has 30 heavy (non-hydrogen) atoms. The number of aliphatic hydroxyl groups is 1. The molecule has 0 saturated carbocycles. The third-order valence-corrected chi connectivity index (χ3v) is 8.16. The third-order valence-electron chi connectivity index (χ3n) is 4.69. The lowest BCUT2D eigenvalue weighted by atomic mass is 10.0. The van der Waals surface area contributed by atoms with Gasteiger partial charge in [0, 0.05) is 26.7 Å². The summed E-state index contributed by atoms with van der Waals surface area (Å²) in [7, 11) is 2.43. The molecule has 11 heteroatoms. The van der Waals surface area contributed by atoms with Crippen LogP contribution < -0.4 is 4.74 Å². The van der Waals surface area contributed by atoms with Crippen LogP contribution in [0.3, 0.4) is 0 Å². The Labute approximate surface area is 196 Å². The van der Waals surface area contributed by atoms with Crippen molar-refractivity contribution in [2.24, 2.45) is 4.99 Å². The van der Waals surface area contributed by atoms with Gasteiger partial charge in [0.25, 0.3) is 0 Å². The first-order valence-corrected chi connectivity index (χ1v) is 11.4. The van der Waals surface area contributed by atoms with Gasteiger partial charge in [-0.15, -0.1) is 17.0 Å². The summed E-state index contributed by atoms with van der Waals surface area (Å²) < 4.78 is 31.4. The summed E-state index contributed by atoms with van der Waals surface area (Å²) in [6, 6.07) is 11.8. The van der Waals surface area contributed by atoms with E-state index in [0.717, 1.165) is 15.7 Å². The average Bonchev–Trinajstić information content (AvgIpc) is 2.98. The van der Waals surface area contributed by atoms with Crippen molar-refractivity contribution in [2.75, 3.05) is 34.0 Å². The van der Waals surface area contributed by atoms with Crippen molar-refractivity contribution < 1.29 is 18.3 Å². The number of halogens is 2. The minimum absolute atomic E-state index is 0. The number of thioether (sulfide) groups is 1. The topological polar surface area (TPSA) is 82.4 Å². The Morgan fingerprint density at radius 1 is 1.23 bits per heavy atom. The van der Waals surface area contributed by atoms with E-state index in [9.17, 15) is 13.5 Å². The van der Waals surface area contributed by atoms with Gasteiger partial charge in [-0.1, -0.05) is 29.4 Å². The molecule has 7 nitrogen and oxygen atoms in total. The maximum atomic E-state index is 12.6. The summed E-state index contributed by atoms with van der Waals surface area (Å²) in [5, 5.41) is 12.1. The summed E-state index contributed by atoms with van der Waals surface area (Å²) in [6.45, 7) is 0. The van der Waals surface area contributed by atoms with Crippen molar-refractivity contribution in [3.05, 3.63) is 53.1 Å². The highest BCUT2D eigenvalue weighted by Crippen LogP contribution is 2.40. The van der Waals surface area contributed by atoms with Crippen LogP contribution in [0, 0.1) is 0 Å². The molecular weight excluding hydrogens is 514 g/mol. The molecule has 0 aliphatic carbocycles. The van der Waals surface area contributed by atoms with Gasteiger partial charge >= 0.3 is 0 Å². The molecule has 0 amide bonds. The number of amidine groups is 1. The van der Waals surface area contributed by atoms with E-state index in [1.807, 2.05) is 24.3 Å². The van der Waals surface area contributed by atoms with Gasteiger partial charge in [-0.2, -0.15) is 0 Å². The first-order chi connectivity index (χ1) is 13.6. The molecule has 1 saturated heterocycles. The lowest BCUT2D eigenvalue weighted by Crippen LogP contribution is -2.42. The van der Waals surface area contributed by atoms with Gasteiger partial charge in [0.1, 0.15) is 10.6 Å². The first-order valence-electron chi connectivity index (χ1n) is 8.64. The van der Waals surface area contributed by atoms with E-state index in [2.05, 4.69) is 4.99 Å². The fraction of sp³-hybridized carbons (Fsp3) is 0.316. The maximum absolute atomic E-state index is 12.6. The first kappa shape index (κ1) is 25.0. The van der Waals surface area contributed by atoms with Gasteiger partial charge in [-0.05, 0) is 36.4 Å². The average molecular weight is 537 g/mol. The summed E-state index contributed by atoms with van der Waals surface area (Å²) in [5.74, 6) is 1.02. The van der Waals surface area contributed by atoms with E-state index in [1.165, 1.54) is 38.0 Å². The van der Waals surface area contributed by atoms with Gasteiger partial charge in [0.05, 0.1) is 23.6 Å². The minimum atomic E-state index is -3.75. The normalized spacial score (nSPS) is 20.5.